The molecule has 1 aromatic carbocycles. The first-order valence-electron chi connectivity index (χ1n) is 5.83. The van der Waals surface area contributed by atoms with Gasteiger partial charge in [-0.15, -0.1) is 0 Å². The van der Waals surface area contributed by atoms with E-state index in [1.165, 1.54) is 0 Å². The largest absolute Gasteiger partial charge is 0.352 e. The summed E-state index contributed by atoms with van der Waals surface area (Å²) in [7, 11) is 0. The second-order valence-corrected chi connectivity index (χ2v) is 4.32. The van der Waals surface area contributed by atoms with Crippen LogP contribution in [-0.4, -0.2) is 12.5 Å². The molecule has 92 valence electrons. The third-order valence-corrected chi connectivity index (χ3v) is 2.40. The van der Waals surface area contributed by atoms with Crippen LogP contribution in [0, 0.1) is 0 Å². The summed E-state index contributed by atoms with van der Waals surface area (Å²) < 4.78 is 0. The molecule has 1 atom stereocenters. The summed E-state index contributed by atoms with van der Waals surface area (Å²) in [6, 6.07) is 9.88. The Balaban J connectivity index is 2.32. The maximum Gasteiger partial charge on any atom is 0.243 e. The summed E-state index contributed by atoms with van der Waals surface area (Å²) in [5.74, 6) is -0.0507. The number of hydrogen-bond acceptors (Lipinski definition) is 2. The van der Waals surface area contributed by atoms with Crippen LogP contribution in [0.15, 0.2) is 42.0 Å². The van der Waals surface area contributed by atoms with E-state index < -0.39 is 0 Å². The predicted octanol–water partition coefficient (Wildman–Crippen LogP) is 2.16. The third-order valence-electron chi connectivity index (χ3n) is 2.40. The van der Waals surface area contributed by atoms with Crippen LogP contribution in [0.5, 0.6) is 0 Å². The lowest BCUT2D eigenvalue weighted by molar-refractivity contribution is -0.116. The highest BCUT2D eigenvalue weighted by atomic mass is 16.1. The van der Waals surface area contributed by atoms with Crippen LogP contribution in [0.3, 0.4) is 0 Å². The molecule has 0 spiro atoms. The zero-order valence-electron chi connectivity index (χ0n) is 10.4. The maximum absolute atomic E-state index is 11.3. The second-order valence-electron chi connectivity index (χ2n) is 4.32. The van der Waals surface area contributed by atoms with Gasteiger partial charge < -0.3 is 11.1 Å². The quantitative estimate of drug-likeness (QED) is 0.764. The molecule has 0 heterocycles. The van der Waals surface area contributed by atoms with Gasteiger partial charge in [-0.05, 0) is 25.8 Å². The number of benzene rings is 1. The van der Waals surface area contributed by atoms with Gasteiger partial charge in [0.25, 0.3) is 0 Å². The Morgan fingerprint density at radius 2 is 2.00 bits per heavy atom. The van der Waals surface area contributed by atoms with E-state index in [-0.39, 0.29) is 11.9 Å². The first-order chi connectivity index (χ1) is 8.09. The van der Waals surface area contributed by atoms with Crippen molar-refractivity contribution in [2.45, 2.75) is 26.3 Å². The van der Waals surface area contributed by atoms with Gasteiger partial charge in [0.05, 0.1) is 0 Å². The molecule has 3 N–H and O–H groups in total. The van der Waals surface area contributed by atoms with Crippen LogP contribution >= 0.6 is 0 Å². The van der Waals surface area contributed by atoms with Crippen molar-refractivity contribution in [1.29, 1.82) is 0 Å². The molecule has 0 bridgehead atoms. The molecule has 0 aliphatic heterocycles. The van der Waals surface area contributed by atoms with E-state index in [1.54, 1.807) is 6.08 Å². The van der Waals surface area contributed by atoms with Crippen molar-refractivity contribution in [3.05, 3.63) is 47.5 Å². The molecule has 3 nitrogen and oxygen atoms in total. The van der Waals surface area contributed by atoms with E-state index >= 15 is 0 Å². The highest BCUT2D eigenvalue weighted by Crippen LogP contribution is 2.12. The van der Waals surface area contributed by atoms with Crippen LogP contribution in [0.1, 0.15) is 31.9 Å². The van der Waals surface area contributed by atoms with Gasteiger partial charge in [0.2, 0.25) is 5.91 Å². The van der Waals surface area contributed by atoms with E-state index in [0.29, 0.717) is 6.54 Å². The SMILES string of the molecule is CC(C)=CC(=O)NCCC(N)c1ccccc1. The van der Waals surface area contributed by atoms with Crippen LogP contribution in [-0.2, 0) is 4.79 Å². The Labute approximate surface area is 103 Å². The van der Waals surface area contributed by atoms with Crippen LogP contribution in [0.4, 0.5) is 0 Å². The minimum Gasteiger partial charge on any atom is -0.352 e. The van der Waals surface area contributed by atoms with E-state index in [2.05, 4.69) is 5.32 Å². The molecule has 3 heteroatoms. The lowest BCUT2D eigenvalue weighted by Crippen LogP contribution is -2.25. The number of nitrogens with two attached hydrogens (primary N) is 1. The number of carbonyl (C=O) groups is 1. The molecule has 0 aromatic heterocycles. The van der Waals surface area contributed by atoms with E-state index in [9.17, 15) is 4.79 Å². The zero-order valence-corrected chi connectivity index (χ0v) is 10.4. The molecular formula is C14H20N2O. The fraction of sp³-hybridized carbons (Fsp3) is 0.357. The summed E-state index contributed by atoms with van der Waals surface area (Å²) in [6.07, 6.45) is 2.33. The lowest BCUT2D eigenvalue weighted by atomic mass is 10.1. The lowest BCUT2D eigenvalue weighted by Gasteiger charge is -2.11. The van der Waals surface area contributed by atoms with E-state index in [1.807, 2.05) is 44.2 Å². The standard InChI is InChI=1S/C14H20N2O/c1-11(2)10-14(17)16-9-8-13(15)12-6-4-3-5-7-12/h3-7,10,13H,8-9,15H2,1-2H3,(H,16,17). The van der Waals surface area contributed by atoms with Crippen molar-refractivity contribution < 1.29 is 4.79 Å². The van der Waals surface area contributed by atoms with Crippen LogP contribution in [0.25, 0.3) is 0 Å². The van der Waals surface area contributed by atoms with Gasteiger partial charge in [0, 0.05) is 18.7 Å². The molecule has 0 aliphatic rings. The van der Waals surface area contributed by atoms with Gasteiger partial charge in [-0.2, -0.15) is 0 Å². The second kappa shape index (κ2) is 6.86. The minimum atomic E-state index is -0.0507. The minimum absolute atomic E-state index is 0.0248. The number of amides is 1. The molecule has 1 rings (SSSR count). The molecular weight excluding hydrogens is 212 g/mol. The highest BCUT2D eigenvalue weighted by molar-refractivity contribution is 5.87. The van der Waals surface area contributed by atoms with Gasteiger partial charge in [-0.1, -0.05) is 35.9 Å². The highest BCUT2D eigenvalue weighted by Gasteiger charge is 2.05. The Morgan fingerprint density at radius 1 is 1.35 bits per heavy atom. The van der Waals surface area contributed by atoms with Crippen LogP contribution in [0.2, 0.25) is 0 Å². The first kappa shape index (κ1) is 13.5. The molecule has 0 radical (unpaired) electrons. The smallest absolute Gasteiger partial charge is 0.243 e. The van der Waals surface area contributed by atoms with Crippen molar-refractivity contribution >= 4 is 5.91 Å². The average Bonchev–Trinajstić information content (AvgIpc) is 2.29. The van der Waals surface area contributed by atoms with Crippen molar-refractivity contribution in [2.24, 2.45) is 5.73 Å². The number of nitrogens with one attached hydrogen (secondary N) is 1. The molecule has 1 aromatic rings. The number of allylic oxidation sites excluding steroid dienone is 1. The van der Waals surface area contributed by atoms with Crippen molar-refractivity contribution in [2.75, 3.05) is 6.54 Å². The normalized spacial score (nSPS) is 11.7. The van der Waals surface area contributed by atoms with Crippen molar-refractivity contribution in [3.8, 4) is 0 Å². The summed E-state index contributed by atoms with van der Waals surface area (Å²) >= 11 is 0. The van der Waals surface area contributed by atoms with E-state index in [0.717, 1.165) is 17.6 Å². The third kappa shape index (κ3) is 5.31. The first-order valence-corrected chi connectivity index (χ1v) is 5.83. The predicted molar refractivity (Wildman–Crippen MR) is 70.4 cm³/mol. The van der Waals surface area contributed by atoms with Crippen molar-refractivity contribution in [3.63, 3.8) is 0 Å². The Kier molecular flexibility index (Phi) is 5.43. The number of rotatable bonds is 5. The number of carbonyl (C=O) groups excluding carboxylic acids is 1. The molecule has 0 fully saturated rings. The fourth-order valence-corrected chi connectivity index (χ4v) is 1.53. The molecule has 17 heavy (non-hydrogen) atoms. The Morgan fingerprint density at radius 3 is 2.59 bits per heavy atom. The molecule has 0 saturated carbocycles. The summed E-state index contributed by atoms with van der Waals surface area (Å²) in [5, 5.41) is 2.82. The molecule has 0 aliphatic carbocycles. The molecule has 1 amide bonds. The Hall–Kier alpha value is -1.61. The van der Waals surface area contributed by atoms with Gasteiger partial charge in [0.1, 0.15) is 0 Å². The summed E-state index contributed by atoms with van der Waals surface area (Å²) in [6.45, 7) is 4.39. The van der Waals surface area contributed by atoms with E-state index in [4.69, 9.17) is 5.73 Å². The Bertz CT molecular complexity index is 380. The topological polar surface area (TPSA) is 55.1 Å². The van der Waals surface area contributed by atoms with Gasteiger partial charge in [0.15, 0.2) is 0 Å². The van der Waals surface area contributed by atoms with Gasteiger partial charge in [-0.3, -0.25) is 4.79 Å². The number of hydrogen-bond donors (Lipinski definition) is 2. The maximum atomic E-state index is 11.3. The molecule has 0 saturated heterocycles. The van der Waals surface area contributed by atoms with Crippen molar-refractivity contribution in [1.82, 2.24) is 5.32 Å². The summed E-state index contributed by atoms with van der Waals surface area (Å²) in [5.41, 5.74) is 8.11. The average molecular weight is 232 g/mol. The fourth-order valence-electron chi connectivity index (χ4n) is 1.53. The zero-order chi connectivity index (χ0) is 12.7. The molecule has 1 unspecified atom stereocenters. The summed E-state index contributed by atoms with van der Waals surface area (Å²) in [4.78, 5) is 11.3. The van der Waals surface area contributed by atoms with Gasteiger partial charge in [-0.25, -0.2) is 0 Å². The van der Waals surface area contributed by atoms with Gasteiger partial charge >= 0.3 is 0 Å². The van der Waals surface area contributed by atoms with Crippen LogP contribution < -0.4 is 11.1 Å². The monoisotopic (exact) mass is 232 g/mol.